The van der Waals surface area contributed by atoms with Gasteiger partial charge in [-0.3, -0.25) is 9.59 Å². The number of carbonyl (C=O) groups excluding carboxylic acids is 2. The molecule has 6 nitrogen and oxygen atoms in total. The molecule has 1 amide bonds. The maximum atomic E-state index is 13.0. The first-order chi connectivity index (χ1) is 14.5. The molecular weight excluding hydrogens is 402 g/mol. The number of rotatable bonds is 6. The number of hydrogen-bond donors (Lipinski definition) is 1. The highest BCUT2D eigenvalue weighted by Crippen LogP contribution is 2.41. The van der Waals surface area contributed by atoms with Crippen molar-refractivity contribution < 1.29 is 24.2 Å². The first-order valence-electron chi connectivity index (χ1n) is 10.2. The Labute approximate surface area is 179 Å². The summed E-state index contributed by atoms with van der Waals surface area (Å²) in [6.45, 7) is 4.88. The predicted octanol–water partition coefficient (Wildman–Crippen LogP) is 4.14. The number of thiophene rings is 1. The summed E-state index contributed by atoms with van der Waals surface area (Å²) in [7, 11) is 0. The summed E-state index contributed by atoms with van der Waals surface area (Å²) in [6, 6.07) is 10.1. The van der Waals surface area contributed by atoms with Crippen molar-refractivity contribution >= 4 is 28.8 Å². The molecule has 2 atom stereocenters. The fourth-order valence-corrected chi connectivity index (χ4v) is 4.78. The lowest BCUT2D eigenvalue weighted by Crippen LogP contribution is -2.36. The summed E-state index contributed by atoms with van der Waals surface area (Å²) in [4.78, 5) is 28.2. The van der Waals surface area contributed by atoms with E-state index in [9.17, 15) is 14.7 Å². The number of amides is 1. The Hall–Kier alpha value is -2.64. The Morgan fingerprint density at radius 2 is 2.03 bits per heavy atom. The van der Waals surface area contributed by atoms with Crippen LogP contribution in [0, 0.1) is 0 Å². The van der Waals surface area contributed by atoms with E-state index in [1.54, 1.807) is 29.2 Å². The lowest BCUT2D eigenvalue weighted by molar-refractivity contribution is -0.140. The average molecular weight is 428 g/mol. The largest absolute Gasteiger partial charge is 0.507 e. The van der Waals surface area contributed by atoms with Gasteiger partial charge in [-0.25, -0.2) is 0 Å². The highest BCUT2D eigenvalue weighted by atomic mass is 32.1. The zero-order valence-corrected chi connectivity index (χ0v) is 17.9. The summed E-state index contributed by atoms with van der Waals surface area (Å²) in [5.41, 5.74) is 0.598. The highest BCUT2D eigenvalue weighted by Gasteiger charge is 2.47. The molecule has 2 aliphatic rings. The standard InChI is InChI=1S/C23H25NO5S/c1-14(2)29-16-9-7-15(8-10-16)21(25)19-20(18-6-4-12-30-18)24(23(27)22(19)26)13-17-5-3-11-28-17/h4,6-10,12,14,17,20,25H,3,5,11,13H2,1-2H3/b21-19-. The van der Waals surface area contributed by atoms with E-state index in [2.05, 4.69) is 0 Å². The van der Waals surface area contributed by atoms with Gasteiger partial charge in [0, 0.05) is 23.6 Å². The van der Waals surface area contributed by atoms with Gasteiger partial charge in [-0.15, -0.1) is 11.3 Å². The molecule has 0 saturated carbocycles. The van der Waals surface area contributed by atoms with Crippen LogP contribution in [0.4, 0.5) is 0 Å². The van der Waals surface area contributed by atoms with Crippen molar-refractivity contribution in [2.75, 3.05) is 13.2 Å². The van der Waals surface area contributed by atoms with E-state index in [0.717, 1.165) is 17.7 Å². The van der Waals surface area contributed by atoms with Crippen LogP contribution in [-0.4, -0.2) is 47.1 Å². The van der Waals surface area contributed by atoms with Crippen LogP contribution in [0.25, 0.3) is 5.76 Å². The Morgan fingerprint density at radius 3 is 2.63 bits per heavy atom. The third-order valence-electron chi connectivity index (χ3n) is 5.28. The number of benzene rings is 1. The average Bonchev–Trinajstić information content (AvgIpc) is 3.46. The Bertz CT molecular complexity index is 942. The molecule has 158 valence electrons. The van der Waals surface area contributed by atoms with Gasteiger partial charge in [0.15, 0.2) is 0 Å². The molecule has 0 bridgehead atoms. The third-order valence-corrected chi connectivity index (χ3v) is 6.20. The lowest BCUT2D eigenvalue weighted by Gasteiger charge is -2.26. The topological polar surface area (TPSA) is 76.1 Å². The third kappa shape index (κ3) is 4.00. The molecule has 2 fully saturated rings. The van der Waals surface area contributed by atoms with Crippen LogP contribution < -0.4 is 4.74 Å². The Kier molecular flexibility index (Phi) is 5.92. The van der Waals surface area contributed by atoms with Gasteiger partial charge in [0.1, 0.15) is 11.5 Å². The smallest absolute Gasteiger partial charge is 0.295 e. The Balaban J connectivity index is 1.72. The highest BCUT2D eigenvalue weighted by molar-refractivity contribution is 7.10. The van der Waals surface area contributed by atoms with Crippen molar-refractivity contribution in [1.82, 2.24) is 4.90 Å². The van der Waals surface area contributed by atoms with E-state index in [4.69, 9.17) is 9.47 Å². The van der Waals surface area contributed by atoms with E-state index in [1.807, 2.05) is 31.4 Å². The molecule has 1 N–H and O–H groups in total. The molecule has 2 aliphatic heterocycles. The van der Waals surface area contributed by atoms with E-state index in [1.165, 1.54) is 11.3 Å². The summed E-state index contributed by atoms with van der Waals surface area (Å²) in [6.07, 6.45) is 1.75. The molecule has 1 aromatic carbocycles. The number of carbonyl (C=O) groups is 2. The Morgan fingerprint density at radius 1 is 1.27 bits per heavy atom. The van der Waals surface area contributed by atoms with Gasteiger partial charge in [-0.1, -0.05) is 6.07 Å². The second-order valence-electron chi connectivity index (χ2n) is 7.79. The van der Waals surface area contributed by atoms with Crippen molar-refractivity contribution in [3.63, 3.8) is 0 Å². The number of Topliss-reactive ketones (excluding diaryl/α,β-unsaturated/α-hetero) is 1. The zero-order chi connectivity index (χ0) is 21.3. The molecule has 0 radical (unpaired) electrons. The van der Waals surface area contributed by atoms with Crippen molar-refractivity contribution in [2.24, 2.45) is 0 Å². The number of likely N-dealkylation sites (tertiary alicyclic amines) is 1. The molecule has 2 aromatic rings. The number of aliphatic hydroxyl groups excluding tert-OH is 1. The van der Waals surface area contributed by atoms with Crippen LogP contribution in [0.2, 0.25) is 0 Å². The van der Waals surface area contributed by atoms with Crippen LogP contribution in [0.1, 0.15) is 43.2 Å². The van der Waals surface area contributed by atoms with Gasteiger partial charge in [0.25, 0.3) is 11.7 Å². The lowest BCUT2D eigenvalue weighted by atomic mass is 9.99. The molecule has 1 aromatic heterocycles. The number of nitrogens with zero attached hydrogens (tertiary/aromatic N) is 1. The molecule has 2 unspecified atom stereocenters. The van der Waals surface area contributed by atoms with Gasteiger partial charge < -0.3 is 19.5 Å². The van der Waals surface area contributed by atoms with Gasteiger partial charge in [-0.05, 0) is 62.4 Å². The van der Waals surface area contributed by atoms with Crippen molar-refractivity contribution in [3.05, 3.63) is 57.8 Å². The van der Waals surface area contributed by atoms with E-state index in [0.29, 0.717) is 24.5 Å². The summed E-state index contributed by atoms with van der Waals surface area (Å²) in [5.74, 6) is -0.746. The number of ether oxygens (including phenoxy) is 2. The first kappa shape index (κ1) is 20.6. The summed E-state index contributed by atoms with van der Waals surface area (Å²) >= 11 is 1.46. The molecule has 7 heteroatoms. The maximum Gasteiger partial charge on any atom is 0.295 e. The second kappa shape index (κ2) is 8.62. The van der Waals surface area contributed by atoms with Crippen LogP contribution in [0.3, 0.4) is 0 Å². The summed E-state index contributed by atoms with van der Waals surface area (Å²) < 4.78 is 11.3. The maximum absolute atomic E-state index is 13.0. The van der Waals surface area contributed by atoms with E-state index >= 15 is 0 Å². The number of aliphatic hydroxyl groups is 1. The monoisotopic (exact) mass is 427 g/mol. The number of hydrogen-bond acceptors (Lipinski definition) is 6. The van der Waals surface area contributed by atoms with Gasteiger partial charge >= 0.3 is 0 Å². The number of ketones is 1. The second-order valence-corrected chi connectivity index (χ2v) is 8.77. The fraction of sp³-hybridized carbons (Fsp3) is 0.391. The fourth-order valence-electron chi connectivity index (χ4n) is 3.94. The van der Waals surface area contributed by atoms with Crippen LogP contribution in [0.5, 0.6) is 5.75 Å². The first-order valence-corrected chi connectivity index (χ1v) is 11.0. The zero-order valence-electron chi connectivity index (χ0n) is 17.0. The molecule has 3 heterocycles. The molecule has 0 aliphatic carbocycles. The molecular formula is C23H25NO5S. The molecule has 30 heavy (non-hydrogen) atoms. The van der Waals surface area contributed by atoms with Gasteiger partial charge in [-0.2, -0.15) is 0 Å². The minimum atomic E-state index is -0.661. The van der Waals surface area contributed by atoms with E-state index < -0.39 is 17.7 Å². The molecule has 4 rings (SSSR count). The van der Waals surface area contributed by atoms with Crippen LogP contribution in [-0.2, 0) is 14.3 Å². The minimum Gasteiger partial charge on any atom is -0.507 e. The van der Waals surface area contributed by atoms with E-state index in [-0.39, 0.29) is 23.5 Å². The van der Waals surface area contributed by atoms with Crippen molar-refractivity contribution in [1.29, 1.82) is 0 Å². The SMILES string of the molecule is CC(C)Oc1ccc(/C(O)=C2/C(=O)C(=O)N(CC3CCCO3)C2c2cccs2)cc1. The van der Waals surface area contributed by atoms with Gasteiger partial charge in [0.2, 0.25) is 0 Å². The van der Waals surface area contributed by atoms with Crippen LogP contribution in [0.15, 0.2) is 47.4 Å². The minimum absolute atomic E-state index is 0.0337. The van der Waals surface area contributed by atoms with Crippen molar-refractivity contribution in [3.8, 4) is 5.75 Å². The van der Waals surface area contributed by atoms with Crippen molar-refractivity contribution in [2.45, 2.75) is 44.9 Å². The molecule has 2 saturated heterocycles. The predicted molar refractivity (Wildman–Crippen MR) is 115 cm³/mol. The quantitative estimate of drug-likeness (QED) is 0.426. The van der Waals surface area contributed by atoms with Crippen LogP contribution >= 0.6 is 11.3 Å². The van der Waals surface area contributed by atoms with Gasteiger partial charge in [0.05, 0.1) is 23.8 Å². The summed E-state index contributed by atoms with van der Waals surface area (Å²) in [5, 5.41) is 12.9. The molecule has 0 spiro atoms. The normalized spacial score (nSPS) is 23.5.